The van der Waals surface area contributed by atoms with Gasteiger partial charge in [-0.15, -0.1) is 0 Å². The number of rotatable bonds is 3. The highest BCUT2D eigenvalue weighted by Crippen LogP contribution is 2.32. The van der Waals surface area contributed by atoms with Crippen LogP contribution in [-0.4, -0.2) is 61.1 Å². The Bertz CT molecular complexity index is 281. The summed E-state index contributed by atoms with van der Waals surface area (Å²) in [5.41, 5.74) is 6.10. The highest BCUT2D eigenvalue weighted by Gasteiger charge is 2.36. The van der Waals surface area contributed by atoms with Gasteiger partial charge >= 0.3 is 6.03 Å². The smallest absolute Gasteiger partial charge is 0.316 e. The summed E-state index contributed by atoms with van der Waals surface area (Å²) < 4.78 is 0. The van der Waals surface area contributed by atoms with Crippen molar-refractivity contribution in [2.75, 3.05) is 27.2 Å². The maximum absolute atomic E-state index is 11.5. The van der Waals surface area contributed by atoms with E-state index in [2.05, 4.69) is 10.2 Å². The van der Waals surface area contributed by atoms with Crippen molar-refractivity contribution in [1.29, 1.82) is 0 Å². The van der Waals surface area contributed by atoms with Crippen LogP contribution >= 0.6 is 0 Å². The second-order valence-electron chi connectivity index (χ2n) is 5.83. The molecule has 0 spiro atoms. The van der Waals surface area contributed by atoms with Crippen LogP contribution in [0.25, 0.3) is 0 Å². The van der Waals surface area contributed by atoms with Crippen LogP contribution in [-0.2, 0) is 0 Å². The highest BCUT2D eigenvalue weighted by atomic mass is 16.2. The number of nitrogens with two attached hydrogens (primary N) is 1. The van der Waals surface area contributed by atoms with Crippen molar-refractivity contribution in [3.63, 3.8) is 0 Å². The molecule has 0 saturated carbocycles. The van der Waals surface area contributed by atoms with E-state index in [1.165, 1.54) is 19.3 Å². The van der Waals surface area contributed by atoms with Crippen molar-refractivity contribution in [1.82, 2.24) is 15.1 Å². The van der Waals surface area contributed by atoms with Crippen molar-refractivity contribution in [2.45, 2.75) is 50.2 Å². The zero-order valence-corrected chi connectivity index (χ0v) is 11.6. The van der Waals surface area contributed by atoms with E-state index in [4.69, 9.17) is 5.73 Å². The Hall–Kier alpha value is -0.810. The fraction of sp³-hybridized carbons (Fsp3) is 0.923. The Balaban J connectivity index is 1.80. The van der Waals surface area contributed by atoms with Gasteiger partial charge in [-0.3, -0.25) is 4.90 Å². The molecular formula is C13H26N4O. The first kappa shape index (κ1) is 13.6. The zero-order valence-electron chi connectivity index (χ0n) is 11.6. The summed E-state index contributed by atoms with van der Waals surface area (Å²) in [7, 11) is 3.54. The van der Waals surface area contributed by atoms with E-state index in [0.717, 1.165) is 25.9 Å². The Kier molecular flexibility index (Phi) is 4.45. The lowest BCUT2D eigenvalue weighted by Gasteiger charge is -2.48. The molecule has 0 aliphatic carbocycles. The molecule has 3 N–H and O–H groups in total. The number of amides is 2. The molecule has 2 amide bonds. The Morgan fingerprint density at radius 1 is 1.33 bits per heavy atom. The molecule has 104 valence electrons. The van der Waals surface area contributed by atoms with Crippen molar-refractivity contribution in [3.8, 4) is 0 Å². The van der Waals surface area contributed by atoms with Gasteiger partial charge in [0.05, 0.1) is 0 Å². The summed E-state index contributed by atoms with van der Waals surface area (Å²) in [6.07, 6.45) is 6.12. The zero-order chi connectivity index (χ0) is 13.1. The predicted molar refractivity (Wildman–Crippen MR) is 72.4 cm³/mol. The molecule has 2 heterocycles. The summed E-state index contributed by atoms with van der Waals surface area (Å²) in [6, 6.07) is 1.66. The number of hydrogen-bond donors (Lipinski definition) is 2. The van der Waals surface area contributed by atoms with Crippen LogP contribution < -0.4 is 11.1 Å². The molecule has 5 heteroatoms. The Morgan fingerprint density at radius 3 is 2.50 bits per heavy atom. The van der Waals surface area contributed by atoms with Crippen molar-refractivity contribution in [2.24, 2.45) is 5.73 Å². The summed E-state index contributed by atoms with van der Waals surface area (Å²) in [5.74, 6) is 0. The molecule has 2 fully saturated rings. The second kappa shape index (κ2) is 5.89. The third-order valence-electron chi connectivity index (χ3n) is 4.21. The third kappa shape index (κ3) is 3.14. The lowest BCUT2D eigenvalue weighted by atomic mass is 9.82. The number of fused-ring (bicyclic) bond motifs is 2. The third-order valence-corrected chi connectivity index (χ3v) is 4.21. The molecule has 2 saturated heterocycles. The second-order valence-corrected chi connectivity index (χ2v) is 5.83. The van der Waals surface area contributed by atoms with Gasteiger partial charge in [0.2, 0.25) is 0 Å². The van der Waals surface area contributed by atoms with Crippen LogP contribution in [0.3, 0.4) is 0 Å². The summed E-state index contributed by atoms with van der Waals surface area (Å²) in [5, 5.41) is 2.94. The number of piperidine rings is 2. The van der Waals surface area contributed by atoms with Crippen molar-refractivity contribution < 1.29 is 4.79 Å². The van der Waals surface area contributed by atoms with Crippen LogP contribution in [0.1, 0.15) is 32.1 Å². The first-order valence-corrected chi connectivity index (χ1v) is 7.04. The molecule has 18 heavy (non-hydrogen) atoms. The lowest BCUT2D eigenvalue weighted by molar-refractivity contribution is 0.0330. The Labute approximate surface area is 110 Å². The minimum Gasteiger partial charge on any atom is -0.337 e. The minimum atomic E-state index is -0.00568. The number of urea groups is 1. The van der Waals surface area contributed by atoms with Crippen LogP contribution in [0.2, 0.25) is 0 Å². The first-order chi connectivity index (χ1) is 8.58. The van der Waals surface area contributed by atoms with E-state index in [0.29, 0.717) is 18.1 Å². The van der Waals surface area contributed by atoms with Gasteiger partial charge in [0.25, 0.3) is 0 Å². The van der Waals surface area contributed by atoms with Gasteiger partial charge in [-0.05, 0) is 25.7 Å². The number of carbonyl (C=O) groups excluding carboxylic acids is 1. The highest BCUT2D eigenvalue weighted by molar-refractivity contribution is 5.73. The molecule has 0 aromatic rings. The summed E-state index contributed by atoms with van der Waals surface area (Å²) in [6.45, 7) is 1.70. The van der Waals surface area contributed by atoms with Gasteiger partial charge < -0.3 is 16.0 Å². The molecule has 2 aliphatic rings. The Morgan fingerprint density at radius 2 is 1.94 bits per heavy atom. The van der Waals surface area contributed by atoms with Crippen LogP contribution in [0.15, 0.2) is 0 Å². The van der Waals surface area contributed by atoms with E-state index in [-0.39, 0.29) is 6.03 Å². The fourth-order valence-electron chi connectivity index (χ4n) is 3.34. The lowest BCUT2D eigenvalue weighted by Crippen LogP contribution is -2.57. The molecule has 0 radical (unpaired) electrons. The number of nitrogens with zero attached hydrogens (tertiary/aromatic N) is 2. The molecule has 5 nitrogen and oxygen atoms in total. The topological polar surface area (TPSA) is 61.6 Å². The average Bonchev–Trinajstić information content (AvgIpc) is 2.29. The van der Waals surface area contributed by atoms with Gasteiger partial charge in [-0.2, -0.15) is 0 Å². The normalized spacial score (nSPS) is 32.1. The number of carbonyl (C=O) groups is 1. The van der Waals surface area contributed by atoms with Crippen LogP contribution in [0.5, 0.6) is 0 Å². The monoisotopic (exact) mass is 254 g/mol. The van der Waals surface area contributed by atoms with Gasteiger partial charge in [0.1, 0.15) is 0 Å². The SMILES string of the molecule is CN(C)C(=O)NCCN1C2CCCC1CC(N)C2. The number of hydrogen-bond acceptors (Lipinski definition) is 3. The van der Waals surface area contributed by atoms with E-state index in [1.807, 2.05) is 0 Å². The number of nitrogens with one attached hydrogen (secondary N) is 1. The molecular weight excluding hydrogens is 228 g/mol. The average molecular weight is 254 g/mol. The van der Waals surface area contributed by atoms with Gasteiger partial charge in [0.15, 0.2) is 0 Å². The molecule has 2 rings (SSSR count). The van der Waals surface area contributed by atoms with Crippen LogP contribution in [0, 0.1) is 0 Å². The van der Waals surface area contributed by atoms with E-state index < -0.39 is 0 Å². The molecule has 2 aliphatic heterocycles. The van der Waals surface area contributed by atoms with Crippen molar-refractivity contribution >= 4 is 6.03 Å². The maximum Gasteiger partial charge on any atom is 0.316 e. The molecule has 2 unspecified atom stereocenters. The van der Waals surface area contributed by atoms with E-state index in [9.17, 15) is 4.79 Å². The van der Waals surface area contributed by atoms with E-state index >= 15 is 0 Å². The molecule has 2 bridgehead atoms. The predicted octanol–water partition coefficient (Wildman–Crippen LogP) is 0.602. The van der Waals surface area contributed by atoms with E-state index in [1.54, 1.807) is 19.0 Å². The quantitative estimate of drug-likeness (QED) is 0.775. The largest absolute Gasteiger partial charge is 0.337 e. The van der Waals surface area contributed by atoms with Gasteiger partial charge in [-0.1, -0.05) is 6.42 Å². The standard InChI is InChI=1S/C13H26N4O/c1-16(2)13(18)15-6-7-17-11-4-3-5-12(17)9-10(14)8-11/h10-12H,3-9,14H2,1-2H3,(H,15,18). The van der Waals surface area contributed by atoms with Gasteiger partial charge in [-0.25, -0.2) is 4.79 Å². The maximum atomic E-state index is 11.5. The van der Waals surface area contributed by atoms with Crippen molar-refractivity contribution in [3.05, 3.63) is 0 Å². The molecule has 0 aromatic heterocycles. The first-order valence-electron chi connectivity index (χ1n) is 7.04. The molecule has 2 atom stereocenters. The minimum absolute atomic E-state index is 0.00568. The summed E-state index contributed by atoms with van der Waals surface area (Å²) in [4.78, 5) is 15.6. The van der Waals surface area contributed by atoms with Gasteiger partial charge in [0, 0.05) is 45.3 Å². The molecule has 0 aromatic carbocycles. The van der Waals surface area contributed by atoms with Crippen LogP contribution in [0.4, 0.5) is 4.79 Å². The summed E-state index contributed by atoms with van der Waals surface area (Å²) >= 11 is 0. The fourth-order valence-corrected chi connectivity index (χ4v) is 3.34.